The number of nitrogens with zero attached hydrogens (tertiary/aromatic N) is 6. The van der Waals surface area contributed by atoms with Gasteiger partial charge in [0, 0.05) is 5.69 Å². The van der Waals surface area contributed by atoms with Crippen LogP contribution in [-0.4, -0.2) is 42.8 Å². The molecule has 5 rings (SSSR count). The maximum atomic E-state index is 14.6. The summed E-state index contributed by atoms with van der Waals surface area (Å²) < 4.78 is 21.4. The van der Waals surface area contributed by atoms with Gasteiger partial charge in [-0.15, -0.1) is 10.2 Å². The van der Waals surface area contributed by atoms with E-state index in [-0.39, 0.29) is 17.3 Å². The maximum Gasteiger partial charge on any atom is 0.259 e. The Labute approximate surface area is 176 Å². The van der Waals surface area contributed by atoms with Gasteiger partial charge >= 0.3 is 0 Å². The van der Waals surface area contributed by atoms with E-state index in [1.54, 1.807) is 36.9 Å². The Kier molecular flexibility index (Phi) is 4.61. The predicted octanol–water partition coefficient (Wildman–Crippen LogP) is 3.11. The van der Waals surface area contributed by atoms with Crippen molar-refractivity contribution in [2.75, 3.05) is 12.4 Å². The molecular formula is C21H20FN7O2. The summed E-state index contributed by atoms with van der Waals surface area (Å²) in [6, 6.07) is 6.40. The van der Waals surface area contributed by atoms with Gasteiger partial charge in [0.1, 0.15) is 11.6 Å². The third-order valence-corrected chi connectivity index (χ3v) is 5.34. The number of hydrogen-bond donors (Lipinski definition) is 1. The lowest BCUT2D eigenvalue weighted by Crippen LogP contribution is -2.13. The molecule has 9 nitrogen and oxygen atoms in total. The molecule has 0 unspecified atom stereocenters. The van der Waals surface area contributed by atoms with Crippen LogP contribution in [0.25, 0.3) is 16.9 Å². The van der Waals surface area contributed by atoms with Crippen molar-refractivity contribution >= 4 is 17.1 Å². The number of hydrogen-bond acceptors (Lipinski definition) is 6. The molecule has 10 heteroatoms. The Morgan fingerprint density at radius 1 is 1.32 bits per heavy atom. The van der Waals surface area contributed by atoms with Crippen LogP contribution in [0.1, 0.15) is 28.8 Å². The van der Waals surface area contributed by atoms with Crippen LogP contribution in [0.15, 0.2) is 36.7 Å². The lowest BCUT2D eigenvalue weighted by atomic mass is 10.1. The molecule has 31 heavy (non-hydrogen) atoms. The number of anilines is 1. The van der Waals surface area contributed by atoms with Crippen LogP contribution >= 0.6 is 0 Å². The Morgan fingerprint density at radius 3 is 2.94 bits per heavy atom. The molecule has 0 aliphatic heterocycles. The minimum absolute atomic E-state index is 0.188. The van der Waals surface area contributed by atoms with Crippen LogP contribution in [0.4, 0.5) is 10.1 Å². The molecule has 1 aliphatic rings. The first-order valence-electron chi connectivity index (χ1n) is 9.93. The van der Waals surface area contributed by atoms with Gasteiger partial charge in [0.15, 0.2) is 0 Å². The monoisotopic (exact) mass is 421 g/mol. The number of halogens is 1. The summed E-state index contributed by atoms with van der Waals surface area (Å²) in [6.07, 6.45) is 5.48. The molecule has 1 N–H and O–H groups in total. The molecule has 1 amide bonds. The molecule has 0 bridgehead atoms. The summed E-state index contributed by atoms with van der Waals surface area (Å²) in [5, 5.41) is 19.4. The molecule has 0 spiro atoms. The first-order valence-corrected chi connectivity index (χ1v) is 9.93. The third kappa shape index (κ3) is 3.72. The average Bonchev–Trinajstić information content (AvgIpc) is 3.28. The molecule has 0 atom stereocenters. The molecule has 0 saturated heterocycles. The summed E-state index contributed by atoms with van der Waals surface area (Å²) in [6.45, 7) is 2.41. The lowest BCUT2D eigenvalue weighted by Gasteiger charge is -2.10. The summed E-state index contributed by atoms with van der Waals surface area (Å²) in [4.78, 5) is 14.4. The van der Waals surface area contributed by atoms with Gasteiger partial charge in [0.05, 0.1) is 42.7 Å². The van der Waals surface area contributed by atoms with E-state index < -0.39 is 5.82 Å². The smallest absolute Gasteiger partial charge is 0.259 e. The highest BCUT2D eigenvalue weighted by atomic mass is 19.1. The molecule has 4 aromatic rings. The molecule has 0 radical (unpaired) electrons. The van der Waals surface area contributed by atoms with E-state index in [2.05, 4.69) is 25.8 Å². The number of carbonyl (C=O) groups excluding carboxylic acids is 1. The van der Waals surface area contributed by atoms with Gasteiger partial charge in [-0.25, -0.2) is 8.91 Å². The minimum atomic E-state index is -0.468. The second kappa shape index (κ2) is 7.46. The summed E-state index contributed by atoms with van der Waals surface area (Å²) in [5.41, 5.74) is 2.25. The van der Waals surface area contributed by atoms with E-state index in [0.29, 0.717) is 40.5 Å². The van der Waals surface area contributed by atoms with Gasteiger partial charge in [0.2, 0.25) is 5.82 Å². The van der Waals surface area contributed by atoms with Crippen LogP contribution in [0.2, 0.25) is 0 Å². The van der Waals surface area contributed by atoms with E-state index in [0.717, 1.165) is 12.8 Å². The molecular weight excluding hydrogens is 401 g/mol. The Hall–Kier alpha value is -3.82. The second-order valence-electron chi connectivity index (χ2n) is 7.67. The Balaban J connectivity index is 1.43. The van der Waals surface area contributed by atoms with E-state index in [9.17, 15) is 9.18 Å². The van der Waals surface area contributed by atoms with Crippen molar-refractivity contribution in [2.24, 2.45) is 5.92 Å². The van der Waals surface area contributed by atoms with Crippen LogP contribution in [0.5, 0.6) is 5.75 Å². The number of amides is 1. The zero-order valence-electron chi connectivity index (χ0n) is 17.0. The molecule has 1 aliphatic carbocycles. The van der Waals surface area contributed by atoms with Crippen molar-refractivity contribution in [3.63, 3.8) is 0 Å². The number of tetrazole rings is 1. The lowest BCUT2D eigenvalue weighted by molar-refractivity contribution is 0.102. The fraction of sp³-hybridized carbons (Fsp3) is 0.286. The SMILES string of the molecule is COc1ccc2c(C(=O)Nc3cc(-c4nnn(CC5CC5)n4)c(F)cc3C)cnn2c1. The average molecular weight is 421 g/mol. The third-order valence-electron chi connectivity index (χ3n) is 5.34. The number of ether oxygens (including phenoxy) is 1. The van der Waals surface area contributed by atoms with Crippen molar-refractivity contribution in [1.29, 1.82) is 0 Å². The normalized spacial score (nSPS) is 13.5. The first-order chi connectivity index (χ1) is 15.0. The molecule has 1 aromatic carbocycles. The molecule has 3 heterocycles. The number of aromatic nitrogens is 6. The predicted molar refractivity (Wildman–Crippen MR) is 110 cm³/mol. The first kappa shape index (κ1) is 19.2. The number of benzene rings is 1. The second-order valence-corrected chi connectivity index (χ2v) is 7.67. The minimum Gasteiger partial charge on any atom is -0.495 e. The van der Waals surface area contributed by atoms with Crippen LogP contribution in [-0.2, 0) is 6.54 Å². The van der Waals surface area contributed by atoms with Gasteiger partial charge in [-0.3, -0.25) is 4.79 Å². The number of fused-ring (bicyclic) bond motifs is 1. The van der Waals surface area contributed by atoms with Crippen LogP contribution in [0, 0.1) is 18.7 Å². The molecule has 1 saturated carbocycles. The highest BCUT2D eigenvalue weighted by Gasteiger charge is 2.24. The summed E-state index contributed by atoms with van der Waals surface area (Å²) in [7, 11) is 1.56. The van der Waals surface area contributed by atoms with Gasteiger partial charge in [-0.05, 0) is 60.7 Å². The number of rotatable bonds is 6. The fourth-order valence-electron chi connectivity index (χ4n) is 3.39. The van der Waals surface area contributed by atoms with E-state index in [1.807, 2.05) is 0 Å². The largest absolute Gasteiger partial charge is 0.495 e. The van der Waals surface area contributed by atoms with Crippen molar-refractivity contribution in [2.45, 2.75) is 26.3 Å². The highest BCUT2D eigenvalue weighted by Crippen LogP contribution is 2.31. The number of nitrogens with one attached hydrogen (secondary N) is 1. The van der Waals surface area contributed by atoms with E-state index in [1.165, 1.54) is 23.1 Å². The topological polar surface area (TPSA) is 99.2 Å². The standard InChI is InChI=1S/C21H20FN7O2/c1-12-7-17(22)15(20-25-27-29(26-20)10-13-3-4-13)8-18(12)24-21(30)16-9-23-28-11-14(31-2)5-6-19(16)28/h5-9,11,13H,3-4,10H2,1-2H3,(H,24,30). The number of methoxy groups -OCH3 is 1. The van der Waals surface area contributed by atoms with E-state index in [4.69, 9.17) is 4.74 Å². The van der Waals surface area contributed by atoms with Crippen LogP contribution in [0.3, 0.4) is 0 Å². The van der Waals surface area contributed by atoms with Gasteiger partial charge in [-0.2, -0.15) is 9.90 Å². The van der Waals surface area contributed by atoms with E-state index >= 15 is 0 Å². The molecule has 158 valence electrons. The number of aryl methyl sites for hydroxylation is 1. The van der Waals surface area contributed by atoms with Gasteiger partial charge in [0.25, 0.3) is 5.91 Å². The van der Waals surface area contributed by atoms with Gasteiger partial charge < -0.3 is 10.1 Å². The Morgan fingerprint density at radius 2 is 2.16 bits per heavy atom. The Bertz CT molecular complexity index is 1290. The molecule has 3 aromatic heterocycles. The van der Waals surface area contributed by atoms with Crippen molar-refractivity contribution in [3.8, 4) is 17.1 Å². The fourth-order valence-corrected chi connectivity index (χ4v) is 3.39. The number of carbonyl (C=O) groups is 1. The highest BCUT2D eigenvalue weighted by molar-refractivity contribution is 6.09. The number of pyridine rings is 1. The van der Waals surface area contributed by atoms with Crippen molar-refractivity contribution in [3.05, 3.63) is 53.6 Å². The molecule has 1 fully saturated rings. The maximum absolute atomic E-state index is 14.6. The zero-order chi connectivity index (χ0) is 21.5. The van der Waals surface area contributed by atoms with Crippen molar-refractivity contribution < 1.29 is 13.9 Å². The quantitative estimate of drug-likeness (QED) is 0.514. The van der Waals surface area contributed by atoms with Crippen LogP contribution < -0.4 is 10.1 Å². The summed E-state index contributed by atoms with van der Waals surface area (Å²) in [5.74, 6) is 0.571. The van der Waals surface area contributed by atoms with Crippen molar-refractivity contribution in [1.82, 2.24) is 29.8 Å². The van der Waals surface area contributed by atoms with Gasteiger partial charge in [-0.1, -0.05) is 0 Å². The zero-order valence-corrected chi connectivity index (χ0v) is 17.0. The summed E-state index contributed by atoms with van der Waals surface area (Å²) >= 11 is 0.